The zero-order chi connectivity index (χ0) is 13.9. The Morgan fingerprint density at radius 1 is 1.40 bits per heavy atom. The second kappa shape index (κ2) is 5.85. The van der Waals surface area contributed by atoms with Crippen LogP contribution < -0.4 is 5.32 Å². The topological polar surface area (TPSA) is 37.8 Å². The lowest BCUT2D eigenvalue weighted by atomic mass is 10.2. The van der Waals surface area contributed by atoms with Gasteiger partial charge in [0.2, 0.25) is 0 Å². The van der Waals surface area contributed by atoms with Gasteiger partial charge < -0.3 is 5.32 Å². The third-order valence-corrected chi connectivity index (χ3v) is 5.12. The van der Waals surface area contributed by atoms with Crippen LogP contribution in [0.1, 0.15) is 23.1 Å². The first-order chi connectivity index (χ1) is 9.79. The Hall–Kier alpha value is -1.53. The van der Waals surface area contributed by atoms with Gasteiger partial charge in [0.1, 0.15) is 5.52 Å². The molecule has 0 bridgehead atoms. The standard InChI is InChI=1S/C14H14FN3S2/c1-2-4-11-12(15)13-14(20-11)10(8-17-18-13)16-7-9-5-3-6-19-9/h3,5-6,8H,2,4,7H2,1H3,(H,16,18). The molecule has 3 heterocycles. The number of nitrogens with zero attached hydrogens (tertiary/aromatic N) is 2. The third kappa shape index (κ3) is 2.53. The minimum atomic E-state index is -0.209. The number of nitrogens with one attached hydrogen (secondary N) is 1. The molecular formula is C14H14FN3S2. The summed E-state index contributed by atoms with van der Waals surface area (Å²) >= 11 is 3.17. The van der Waals surface area contributed by atoms with Crippen LogP contribution >= 0.6 is 22.7 Å². The summed E-state index contributed by atoms with van der Waals surface area (Å²) in [4.78, 5) is 2.00. The van der Waals surface area contributed by atoms with E-state index in [2.05, 4.69) is 21.6 Å². The minimum absolute atomic E-state index is 0.209. The average molecular weight is 307 g/mol. The number of hydrogen-bond donors (Lipinski definition) is 1. The Labute approximate surface area is 124 Å². The molecular weight excluding hydrogens is 293 g/mol. The molecule has 0 unspecified atom stereocenters. The lowest BCUT2D eigenvalue weighted by Gasteiger charge is -2.04. The van der Waals surface area contributed by atoms with Crippen LogP contribution in [-0.4, -0.2) is 10.2 Å². The van der Waals surface area contributed by atoms with E-state index in [0.717, 1.165) is 34.7 Å². The second-order valence-corrected chi connectivity index (χ2v) is 6.60. The van der Waals surface area contributed by atoms with Crippen LogP contribution in [0.2, 0.25) is 0 Å². The molecule has 0 saturated heterocycles. The first-order valence-electron chi connectivity index (χ1n) is 6.48. The molecule has 0 atom stereocenters. The van der Waals surface area contributed by atoms with Crippen molar-refractivity contribution in [3.8, 4) is 0 Å². The number of halogens is 1. The van der Waals surface area contributed by atoms with Crippen molar-refractivity contribution in [2.24, 2.45) is 0 Å². The van der Waals surface area contributed by atoms with E-state index in [9.17, 15) is 4.39 Å². The van der Waals surface area contributed by atoms with Gasteiger partial charge in [-0.3, -0.25) is 0 Å². The molecule has 6 heteroatoms. The molecule has 1 N–H and O–H groups in total. The number of aryl methyl sites for hydroxylation is 1. The summed E-state index contributed by atoms with van der Waals surface area (Å²) in [5.41, 5.74) is 1.24. The van der Waals surface area contributed by atoms with Gasteiger partial charge in [-0.25, -0.2) is 4.39 Å². The van der Waals surface area contributed by atoms with Gasteiger partial charge in [0, 0.05) is 16.3 Å². The van der Waals surface area contributed by atoms with E-state index in [0.29, 0.717) is 5.52 Å². The van der Waals surface area contributed by atoms with Crippen molar-refractivity contribution < 1.29 is 4.39 Å². The van der Waals surface area contributed by atoms with Gasteiger partial charge in [-0.1, -0.05) is 19.4 Å². The summed E-state index contributed by atoms with van der Waals surface area (Å²) in [6, 6.07) is 4.09. The summed E-state index contributed by atoms with van der Waals surface area (Å²) in [6.45, 7) is 2.77. The Morgan fingerprint density at radius 3 is 3.05 bits per heavy atom. The largest absolute Gasteiger partial charge is 0.378 e. The van der Waals surface area contributed by atoms with Gasteiger partial charge in [0.05, 0.1) is 16.6 Å². The highest BCUT2D eigenvalue weighted by atomic mass is 32.1. The molecule has 20 heavy (non-hydrogen) atoms. The zero-order valence-electron chi connectivity index (χ0n) is 11.0. The molecule has 0 aliphatic rings. The van der Waals surface area contributed by atoms with Gasteiger partial charge in [0.15, 0.2) is 5.82 Å². The molecule has 3 rings (SSSR count). The Kier molecular flexibility index (Phi) is 3.93. The van der Waals surface area contributed by atoms with Gasteiger partial charge >= 0.3 is 0 Å². The zero-order valence-corrected chi connectivity index (χ0v) is 12.7. The first-order valence-corrected chi connectivity index (χ1v) is 8.18. The number of hydrogen-bond acceptors (Lipinski definition) is 5. The maximum atomic E-state index is 14.2. The quantitative estimate of drug-likeness (QED) is 0.756. The molecule has 0 aliphatic heterocycles. The van der Waals surface area contributed by atoms with Crippen molar-refractivity contribution in [3.05, 3.63) is 39.3 Å². The van der Waals surface area contributed by atoms with Crippen LogP contribution in [0.25, 0.3) is 10.2 Å². The summed E-state index contributed by atoms with van der Waals surface area (Å²) in [5, 5.41) is 13.2. The molecule has 3 aromatic rings. The predicted molar refractivity (Wildman–Crippen MR) is 83.0 cm³/mol. The summed E-state index contributed by atoms with van der Waals surface area (Å²) < 4.78 is 15.1. The summed E-state index contributed by atoms with van der Waals surface area (Å²) in [6.07, 6.45) is 3.34. The predicted octanol–water partition coefficient (Wildman–Crippen LogP) is 4.46. The fourth-order valence-electron chi connectivity index (χ4n) is 2.03. The Morgan fingerprint density at radius 2 is 2.30 bits per heavy atom. The maximum Gasteiger partial charge on any atom is 0.165 e. The van der Waals surface area contributed by atoms with Gasteiger partial charge in [-0.15, -0.1) is 27.8 Å². The van der Waals surface area contributed by atoms with Crippen LogP contribution in [-0.2, 0) is 13.0 Å². The number of anilines is 1. The molecule has 0 fully saturated rings. The van der Waals surface area contributed by atoms with Crippen molar-refractivity contribution in [1.29, 1.82) is 0 Å². The highest BCUT2D eigenvalue weighted by Gasteiger charge is 2.16. The lowest BCUT2D eigenvalue weighted by Crippen LogP contribution is -1.98. The third-order valence-electron chi connectivity index (χ3n) is 2.99. The Bertz CT molecular complexity index is 707. The minimum Gasteiger partial charge on any atom is -0.378 e. The Balaban J connectivity index is 1.92. The molecule has 0 saturated carbocycles. The number of aromatic nitrogens is 2. The van der Waals surface area contributed by atoms with Crippen molar-refractivity contribution >= 4 is 38.6 Å². The normalized spacial score (nSPS) is 11.1. The van der Waals surface area contributed by atoms with Crippen molar-refractivity contribution in [2.75, 3.05) is 5.32 Å². The molecule has 104 valence electrons. The molecule has 0 spiro atoms. The van der Waals surface area contributed by atoms with E-state index in [-0.39, 0.29) is 5.82 Å². The molecule has 0 aromatic carbocycles. The molecule has 0 radical (unpaired) electrons. The molecule has 3 aromatic heterocycles. The second-order valence-electron chi connectivity index (χ2n) is 4.46. The van der Waals surface area contributed by atoms with Crippen molar-refractivity contribution in [1.82, 2.24) is 10.2 Å². The monoisotopic (exact) mass is 307 g/mol. The average Bonchev–Trinajstić information content (AvgIpc) is 3.07. The van der Waals surface area contributed by atoms with E-state index in [4.69, 9.17) is 0 Å². The molecule has 3 nitrogen and oxygen atoms in total. The van der Waals surface area contributed by atoms with Crippen LogP contribution in [0.5, 0.6) is 0 Å². The van der Waals surface area contributed by atoms with Gasteiger partial charge in [0.25, 0.3) is 0 Å². The summed E-state index contributed by atoms with van der Waals surface area (Å²) in [7, 11) is 0. The van der Waals surface area contributed by atoms with E-state index < -0.39 is 0 Å². The van der Waals surface area contributed by atoms with Crippen LogP contribution in [0.3, 0.4) is 0 Å². The van der Waals surface area contributed by atoms with Gasteiger partial charge in [-0.2, -0.15) is 5.10 Å². The van der Waals surface area contributed by atoms with E-state index in [1.807, 2.05) is 18.4 Å². The van der Waals surface area contributed by atoms with E-state index in [1.165, 1.54) is 16.2 Å². The van der Waals surface area contributed by atoms with Crippen LogP contribution in [0.4, 0.5) is 10.1 Å². The number of fused-ring (bicyclic) bond motifs is 1. The highest BCUT2D eigenvalue weighted by Crippen LogP contribution is 2.34. The van der Waals surface area contributed by atoms with Crippen LogP contribution in [0.15, 0.2) is 23.7 Å². The summed E-state index contributed by atoms with van der Waals surface area (Å²) in [5.74, 6) is -0.209. The van der Waals surface area contributed by atoms with E-state index >= 15 is 0 Å². The van der Waals surface area contributed by atoms with Crippen molar-refractivity contribution in [3.63, 3.8) is 0 Å². The van der Waals surface area contributed by atoms with Gasteiger partial charge in [-0.05, 0) is 17.9 Å². The first kappa shape index (κ1) is 13.5. The fourth-order valence-corrected chi connectivity index (χ4v) is 3.88. The SMILES string of the molecule is CCCc1sc2c(NCc3cccs3)cnnc2c1F. The smallest absolute Gasteiger partial charge is 0.165 e. The van der Waals surface area contributed by atoms with Crippen molar-refractivity contribution in [2.45, 2.75) is 26.3 Å². The highest BCUT2D eigenvalue weighted by molar-refractivity contribution is 7.19. The fraction of sp³-hybridized carbons (Fsp3) is 0.286. The number of thiophene rings is 2. The molecule has 0 amide bonds. The van der Waals surface area contributed by atoms with E-state index in [1.54, 1.807) is 17.5 Å². The maximum absolute atomic E-state index is 14.2. The van der Waals surface area contributed by atoms with Crippen LogP contribution in [0, 0.1) is 5.82 Å². The number of rotatable bonds is 5. The molecule has 0 aliphatic carbocycles. The lowest BCUT2D eigenvalue weighted by molar-refractivity contribution is 0.622.